The minimum absolute atomic E-state index is 0.100. The average molecular weight is 473 g/mol. The molecule has 0 aliphatic carbocycles. The van der Waals surface area contributed by atoms with E-state index in [-0.39, 0.29) is 18.4 Å². The maximum Gasteiger partial charge on any atom is 0.257 e. The van der Waals surface area contributed by atoms with E-state index in [0.717, 1.165) is 28.6 Å². The molecule has 0 spiro atoms. The lowest BCUT2D eigenvalue weighted by atomic mass is 9.98. The third-order valence-corrected chi connectivity index (χ3v) is 6.19. The van der Waals surface area contributed by atoms with Gasteiger partial charge in [0.2, 0.25) is 0 Å². The molecule has 2 aromatic carbocycles. The molecular weight excluding hydrogens is 444 g/mol. The standard InChI is InChI=1S/C28H28N2O5/c1-32-25-7-4-6-24(27(25)35-19-23-5-2-3-11-29-23)28(31)30-12-14-33-18-21(17-30)15-20-8-9-22-10-13-34-26(22)16-20/h2-11,13,16,21H,12,14-15,17-19H2,1H3/t21-/m1/s1. The summed E-state index contributed by atoms with van der Waals surface area (Å²) in [5.41, 5.74) is 3.28. The van der Waals surface area contributed by atoms with Crippen LogP contribution in [0.3, 0.4) is 0 Å². The molecule has 180 valence electrons. The van der Waals surface area contributed by atoms with Crippen molar-refractivity contribution in [2.45, 2.75) is 13.0 Å². The molecule has 2 aromatic heterocycles. The lowest BCUT2D eigenvalue weighted by Gasteiger charge is -2.25. The predicted octanol–water partition coefficient (Wildman–Crippen LogP) is 4.75. The van der Waals surface area contributed by atoms with E-state index in [9.17, 15) is 4.79 Å². The Morgan fingerprint density at radius 3 is 2.94 bits per heavy atom. The fourth-order valence-corrected chi connectivity index (χ4v) is 4.44. The van der Waals surface area contributed by atoms with Gasteiger partial charge >= 0.3 is 0 Å². The van der Waals surface area contributed by atoms with Gasteiger partial charge in [0.15, 0.2) is 11.5 Å². The Morgan fingerprint density at radius 1 is 1.14 bits per heavy atom. The van der Waals surface area contributed by atoms with E-state index in [0.29, 0.717) is 43.4 Å². The molecule has 1 aliphatic heterocycles. The number of furan rings is 1. The van der Waals surface area contributed by atoms with Crippen molar-refractivity contribution in [1.29, 1.82) is 0 Å². The second kappa shape index (κ2) is 10.6. The summed E-state index contributed by atoms with van der Waals surface area (Å²) in [5, 5.41) is 1.08. The van der Waals surface area contributed by atoms with Crippen molar-refractivity contribution >= 4 is 16.9 Å². The Morgan fingerprint density at radius 2 is 2.09 bits per heavy atom. The van der Waals surface area contributed by atoms with Gasteiger partial charge in [0.25, 0.3) is 5.91 Å². The zero-order chi connectivity index (χ0) is 24.0. The first-order valence-electron chi connectivity index (χ1n) is 11.7. The summed E-state index contributed by atoms with van der Waals surface area (Å²) < 4.78 is 23.0. The average Bonchev–Trinajstić information content (AvgIpc) is 3.24. The van der Waals surface area contributed by atoms with E-state index < -0.39 is 0 Å². The Hall–Kier alpha value is -3.84. The summed E-state index contributed by atoms with van der Waals surface area (Å²) in [6, 6.07) is 19.2. The summed E-state index contributed by atoms with van der Waals surface area (Å²) in [4.78, 5) is 19.9. The van der Waals surface area contributed by atoms with Gasteiger partial charge in [-0.15, -0.1) is 0 Å². The molecule has 35 heavy (non-hydrogen) atoms. The smallest absolute Gasteiger partial charge is 0.257 e. The maximum atomic E-state index is 13.7. The SMILES string of the molecule is COc1cccc(C(=O)N2CCOC[C@H](Cc3ccc4ccoc4c3)C2)c1OCc1ccccn1. The van der Waals surface area contributed by atoms with Crippen molar-refractivity contribution in [3.63, 3.8) is 0 Å². The van der Waals surface area contributed by atoms with Crippen LogP contribution in [0.4, 0.5) is 0 Å². The lowest BCUT2D eigenvalue weighted by Crippen LogP contribution is -2.36. The van der Waals surface area contributed by atoms with Gasteiger partial charge in [-0.3, -0.25) is 9.78 Å². The number of fused-ring (bicyclic) bond motifs is 1. The number of para-hydroxylation sites is 1. The number of methoxy groups -OCH3 is 1. The van der Waals surface area contributed by atoms with E-state index in [2.05, 4.69) is 23.2 Å². The molecule has 1 amide bonds. The Kier molecular flexibility index (Phi) is 6.95. The van der Waals surface area contributed by atoms with Crippen LogP contribution in [-0.4, -0.2) is 49.2 Å². The monoisotopic (exact) mass is 472 g/mol. The fraction of sp³-hybridized carbons (Fsp3) is 0.286. The van der Waals surface area contributed by atoms with Crippen molar-refractivity contribution in [2.75, 3.05) is 33.4 Å². The minimum atomic E-state index is -0.100. The zero-order valence-corrected chi connectivity index (χ0v) is 19.7. The van der Waals surface area contributed by atoms with Crippen LogP contribution in [0.25, 0.3) is 11.0 Å². The Labute approximate surface area is 204 Å². The zero-order valence-electron chi connectivity index (χ0n) is 19.7. The van der Waals surface area contributed by atoms with Gasteiger partial charge in [-0.25, -0.2) is 0 Å². The first-order chi connectivity index (χ1) is 17.2. The number of nitrogens with zero attached hydrogens (tertiary/aromatic N) is 2. The molecule has 5 rings (SSSR count). The van der Waals surface area contributed by atoms with Crippen LogP contribution in [0.5, 0.6) is 11.5 Å². The highest BCUT2D eigenvalue weighted by molar-refractivity contribution is 5.98. The fourth-order valence-electron chi connectivity index (χ4n) is 4.44. The molecule has 1 saturated heterocycles. The van der Waals surface area contributed by atoms with E-state index in [4.69, 9.17) is 18.6 Å². The number of benzene rings is 2. The van der Waals surface area contributed by atoms with Crippen molar-refractivity contribution in [2.24, 2.45) is 5.92 Å². The number of hydrogen-bond donors (Lipinski definition) is 0. The minimum Gasteiger partial charge on any atom is -0.493 e. The molecule has 1 aliphatic rings. The second-order valence-electron chi connectivity index (χ2n) is 8.64. The van der Waals surface area contributed by atoms with Crippen LogP contribution in [0, 0.1) is 5.92 Å². The number of rotatable bonds is 7. The largest absolute Gasteiger partial charge is 0.493 e. The highest BCUT2D eigenvalue weighted by Crippen LogP contribution is 2.33. The third-order valence-electron chi connectivity index (χ3n) is 6.19. The predicted molar refractivity (Wildman–Crippen MR) is 132 cm³/mol. The quantitative estimate of drug-likeness (QED) is 0.387. The first kappa shape index (κ1) is 22.9. The number of ether oxygens (including phenoxy) is 3. The van der Waals surface area contributed by atoms with Crippen LogP contribution < -0.4 is 9.47 Å². The Bertz CT molecular complexity index is 1290. The van der Waals surface area contributed by atoms with Crippen molar-refractivity contribution in [3.8, 4) is 11.5 Å². The number of carbonyl (C=O) groups excluding carboxylic acids is 1. The second-order valence-corrected chi connectivity index (χ2v) is 8.64. The Balaban J connectivity index is 1.34. The van der Waals surface area contributed by atoms with E-state index >= 15 is 0 Å². The molecule has 0 radical (unpaired) electrons. The lowest BCUT2D eigenvalue weighted by molar-refractivity contribution is 0.0731. The van der Waals surface area contributed by atoms with Gasteiger partial charge in [-0.1, -0.05) is 24.3 Å². The van der Waals surface area contributed by atoms with Gasteiger partial charge in [-0.2, -0.15) is 0 Å². The normalized spacial score (nSPS) is 16.1. The van der Waals surface area contributed by atoms with Crippen molar-refractivity contribution in [1.82, 2.24) is 9.88 Å². The van der Waals surface area contributed by atoms with E-state index in [1.54, 1.807) is 31.7 Å². The number of hydrogen-bond acceptors (Lipinski definition) is 6. The molecule has 1 atom stereocenters. The molecule has 0 saturated carbocycles. The summed E-state index contributed by atoms with van der Waals surface area (Å²) in [7, 11) is 1.57. The number of pyridine rings is 1. The highest BCUT2D eigenvalue weighted by atomic mass is 16.5. The topological polar surface area (TPSA) is 74.0 Å². The van der Waals surface area contributed by atoms with E-state index in [1.165, 1.54) is 0 Å². The summed E-state index contributed by atoms with van der Waals surface area (Å²) in [6.07, 6.45) is 4.21. The molecule has 3 heterocycles. The van der Waals surface area contributed by atoms with Crippen molar-refractivity contribution in [3.05, 3.63) is 89.9 Å². The van der Waals surface area contributed by atoms with Crippen molar-refractivity contribution < 1.29 is 23.4 Å². The number of aromatic nitrogens is 1. The van der Waals surface area contributed by atoms with Crippen LogP contribution in [0.15, 0.2) is 77.5 Å². The molecule has 7 heteroatoms. The summed E-state index contributed by atoms with van der Waals surface area (Å²) in [6.45, 7) is 2.44. The molecule has 1 fully saturated rings. The van der Waals surface area contributed by atoms with Crippen LogP contribution >= 0.6 is 0 Å². The van der Waals surface area contributed by atoms with Crippen LogP contribution in [0.1, 0.15) is 21.6 Å². The maximum absolute atomic E-state index is 13.7. The summed E-state index contributed by atoms with van der Waals surface area (Å²) >= 11 is 0. The first-order valence-corrected chi connectivity index (χ1v) is 11.7. The van der Waals surface area contributed by atoms with E-state index in [1.807, 2.05) is 35.2 Å². The molecule has 0 N–H and O–H groups in total. The molecule has 0 unspecified atom stereocenters. The third kappa shape index (κ3) is 5.30. The molecule has 4 aromatic rings. The number of amides is 1. The molecular formula is C28H28N2O5. The van der Waals surface area contributed by atoms with Gasteiger partial charge in [-0.05, 0) is 48.4 Å². The van der Waals surface area contributed by atoms with Crippen LogP contribution in [-0.2, 0) is 17.8 Å². The summed E-state index contributed by atoms with van der Waals surface area (Å²) in [5.74, 6) is 1.01. The van der Waals surface area contributed by atoms with Gasteiger partial charge in [0.1, 0.15) is 12.2 Å². The van der Waals surface area contributed by atoms with Gasteiger partial charge in [0.05, 0.1) is 37.8 Å². The molecule has 0 bridgehead atoms. The van der Waals surface area contributed by atoms with Gasteiger partial charge < -0.3 is 23.5 Å². The highest BCUT2D eigenvalue weighted by Gasteiger charge is 2.27. The number of carbonyl (C=O) groups is 1. The van der Waals surface area contributed by atoms with Crippen LogP contribution in [0.2, 0.25) is 0 Å². The molecule has 7 nitrogen and oxygen atoms in total. The van der Waals surface area contributed by atoms with Gasteiger partial charge in [0, 0.05) is 30.6 Å².